The van der Waals surface area contributed by atoms with Gasteiger partial charge >= 0.3 is 0 Å². The molecule has 140 valence electrons. The molecule has 0 aliphatic rings. The van der Waals surface area contributed by atoms with Gasteiger partial charge in [0.1, 0.15) is 5.82 Å². The van der Waals surface area contributed by atoms with Crippen molar-refractivity contribution in [1.29, 1.82) is 0 Å². The smallest absolute Gasteiger partial charge is 0.256 e. The number of benzene rings is 2. The first-order chi connectivity index (χ1) is 12.8. The Hall–Kier alpha value is -2.81. The summed E-state index contributed by atoms with van der Waals surface area (Å²) in [7, 11) is 0. The standard InChI is InChI=1S/C18H12F4N2O2S/c1-9(17(25)24-13-7-6-12(20)15(21)16(13)22)27-18-23-8-14(26-18)10-2-4-11(19)5-3-10/h2-9H,1H3,(H,24,25). The molecular formula is C18H12F4N2O2S. The van der Waals surface area contributed by atoms with Crippen LogP contribution in [0.5, 0.6) is 0 Å². The van der Waals surface area contributed by atoms with Crippen molar-refractivity contribution in [2.24, 2.45) is 0 Å². The second-order valence-electron chi connectivity index (χ2n) is 5.47. The van der Waals surface area contributed by atoms with E-state index < -0.39 is 34.3 Å². The third kappa shape index (κ3) is 4.30. The van der Waals surface area contributed by atoms with Gasteiger partial charge in [-0.25, -0.2) is 22.5 Å². The van der Waals surface area contributed by atoms with Crippen molar-refractivity contribution in [3.05, 3.63) is 65.9 Å². The van der Waals surface area contributed by atoms with Crippen LogP contribution in [0.3, 0.4) is 0 Å². The number of carbonyl (C=O) groups is 1. The van der Waals surface area contributed by atoms with E-state index in [2.05, 4.69) is 10.3 Å². The molecule has 1 N–H and O–H groups in total. The largest absolute Gasteiger partial charge is 0.431 e. The van der Waals surface area contributed by atoms with Gasteiger partial charge in [-0.3, -0.25) is 4.79 Å². The van der Waals surface area contributed by atoms with Crippen LogP contribution in [0.1, 0.15) is 6.92 Å². The van der Waals surface area contributed by atoms with Crippen molar-refractivity contribution < 1.29 is 26.8 Å². The molecule has 3 aromatic rings. The monoisotopic (exact) mass is 396 g/mol. The van der Waals surface area contributed by atoms with Crippen LogP contribution >= 0.6 is 11.8 Å². The SMILES string of the molecule is CC(Sc1ncc(-c2ccc(F)cc2)o1)C(=O)Nc1ccc(F)c(F)c1F. The van der Waals surface area contributed by atoms with Crippen molar-refractivity contribution in [2.75, 3.05) is 5.32 Å². The molecule has 1 aromatic heterocycles. The van der Waals surface area contributed by atoms with Crippen LogP contribution in [-0.4, -0.2) is 16.1 Å². The molecule has 0 saturated heterocycles. The van der Waals surface area contributed by atoms with E-state index in [1.165, 1.54) is 37.4 Å². The molecule has 1 heterocycles. The number of rotatable bonds is 5. The molecule has 2 aromatic carbocycles. The summed E-state index contributed by atoms with van der Waals surface area (Å²) in [5, 5.41) is 1.59. The van der Waals surface area contributed by atoms with Crippen LogP contribution in [-0.2, 0) is 4.79 Å². The molecule has 27 heavy (non-hydrogen) atoms. The minimum absolute atomic E-state index is 0.169. The number of aromatic nitrogens is 1. The van der Waals surface area contributed by atoms with Crippen molar-refractivity contribution in [2.45, 2.75) is 17.4 Å². The van der Waals surface area contributed by atoms with E-state index in [1.54, 1.807) is 0 Å². The minimum atomic E-state index is -1.66. The molecule has 1 unspecified atom stereocenters. The number of hydrogen-bond donors (Lipinski definition) is 1. The summed E-state index contributed by atoms with van der Waals surface area (Å²) in [5.41, 5.74) is 0.141. The first-order valence-electron chi connectivity index (χ1n) is 7.68. The fraction of sp³-hybridized carbons (Fsp3) is 0.111. The van der Waals surface area contributed by atoms with E-state index in [4.69, 9.17) is 4.42 Å². The lowest BCUT2D eigenvalue weighted by Gasteiger charge is -2.11. The van der Waals surface area contributed by atoms with Gasteiger partial charge in [0.15, 0.2) is 23.2 Å². The van der Waals surface area contributed by atoms with Crippen molar-refractivity contribution in [1.82, 2.24) is 4.98 Å². The Bertz CT molecular complexity index is 976. The number of thioether (sulfide) groups is 1. The summed E-state index contributed by atoms with van der Waals surface area (Å²) in [5.74, 6) is -5.13. The van der Waals surface area contributed by atoms with Crippen molar-refractivity contribution >= 4 is 23.4 Å². The van der Waals surface area contributed by atoms with E-state index in [1.807, 2.05) is 0 Å². The second kappa shape index (κ2) is 7.83. The van der Waals surface area contributed by atoms with Gasteiger partial charge in [-0.05, 0) is 43.3 Å². The topological polar surface area (TPSA) is 55.1 Å². The van der Waals surface area contributed by atoms with Gasteiger partial charge in [-0.2, -0.15) is 0 Å². The van der Waals surface area contributed by atoms with Crippen LogP contribution < -0.4 is 5.32 Å². The first-order valence-corrected chi connectivity index (χ1v) is 8.56. The van der Waals surface area contributed by atoms with Crippen LogP contribution in [0.15, 0.2) is 52.2 Å². The Labute approximate surface area is 155 Å². The fourth-order valence-electron chi connectivity index (χ4n) is 2.12. The van der Waals surface area contributed by atoms with E-state index >= 15 is 0 Å². The maximum atomic E-state index is 13.6. The average molecular weight is 396 g/mol. The summed E-state index contributed by atoms with van der Waals surface area (Å²) in [4.78, 5) is 16.2. The lowest BCUT2D eigenvalue weighted by atomic mass is 10.2. The van der Waals surface area contributed by atoms with Gasteiger partial charge in [0.2, 0.25) is 5.91 Å². The summed E-state index contributed by atoms with van der Waals surface area (Å²) in [6, 6.07) is 7.24. The van der Waals surface area contributed by atoms with Crippen molar-refractivity contribution in [3.8, 4) is 11.3 Å². The molecule has 1 atom stereocenters. The van der Waals surface area contributed by atoms with E-state index in [9.17, 15) is 22.4 Å². The number of oxazole rings is 1. The summed E-state index contributed by atoms with van der Waals surface area (Å²) in [6.07, 6.45) is 1.43. The van der Waals surface area contributed by atoms with Gasteiger partial charge in [-0.15, -0.1) is 0 Å². The summed E-state index contributed by atoms with van der Waals surface area (Å²) in [6.45, 7) is 1.51. The fourth-order valence-corrected chi connectivity index (χ4v) is 2.84. The highest BCUT2D eigenvalue weighted by Crippen LogP contribution is 2.29. The normalized spacial score (nSPS) is 12.0. The van der Waals surface area contributed by atoms with Crippen LogP contribution in [0, 0.1) is 23.3 Å². The number of carbonyl (C=O) groups excluding carboxylic acids is 1. The first kappa shape index (κ1) is 19.0. The Morgan fingerprint density at radius 1 is 1.07 bits per heavy atom. The highest BCUT2D eigenvalue weighted by molar-refractivity contribution is 8.00. The highest BCUT2D eigenvalue weighted by Gasteiger charge is 2.21. The zero-order valence-corrected chi connectivity index (χ0v) is 14.6. The molecule has 0 aliphatic heterocycles. The predicted molar refractivity (Wildman–Crippen MR) is 92.2 cm³/mol. The molecule has 0 aliphatic carbocycles. The lowest BCUT2D eigenvalue weighted by molar-refractivity contribution is -0.115. The number of hydrogen-bond acceptors (Lipinski definition) is 4. The van der Waals surface area contributed by atoms with Gasteiger partial charge in [0.05, 0.1) is 17.1 Å². The molecule has 1 amide bonds. The average Bonchev–Trinajstić information content (AvgIpc) is 3.11. The zero-order valence-electron chi connectivity index (χ0n) is 13.8. The van der Waals surface area contributed by atoms with Gasteiger partial charge in [0, 0.05) is 5.56 Å². The molecule has 0 saturated carbocycles. The molecule has 3 rings (SSSR count). The lowest BCUT2D eigenvalue weighted by Crippen LogP contribution is -2.23. The summed E-state index contributed by atoms with van der Waals surface area (Å²) >= 11 is 0.949. The number of amides is 1. The maximum absolute atomic E-state index is 13.6. The molecule has 0 bridgehead atoms. The van der Waals surface area contributed by atoms with E-state index in [0.717, 1.165) is 23.9 Å². The molecule has 9 heteroatoms. The molecule has 0 fully saturated rings. The minimum Gasteiger partial charge on any atom is -0.431 e. The van der Waals surface area contributed by atoms with Crippen molar-refractivity contribution in [3.63, 3.8) is 0 Å². The van der Waals surface area contributed by atoms with E-state index in [-0.39, 0.29) is 11.0 Å². The quantitative estimate of drug-likeness (QED) is 0.374. The zero-order chi connectivity index (χ0) is 19.6. The predicted octanol–water partition coefficient (Wildman–Crippen LogP) is 5.02. The van der Waals surface area contributed by atoms with Gasteiger partial charge in [0.25, 0.3) is 5.22 Å². The van der Waals surface area contributed by atoms with Crippen LogP contribution in [0.4, 0.5) is 23.2 Å². The second-order valence-corrected chi connectivity index (χ2v) is 6.76. The highest BCUT2D eigenvalue weighted by atomic mass is 32.2. The Morgan fingerprint density at radius 3 is 2.48 bits per heavy atom. The van der Waals surface area contributed by atoms with Crippen LogP contribution in [0.25, 0.3) is 11.3 Å². The maximum Gasteiger partial charge on any atom is 0.256 e. The number of nitrogens with one attached hydrogen (secondary N) is 1. The van der Waals surface area contributed by atoms with E-state index in [0.29, 0.717) is 11.3 Å². The molecular weight excluding hydrogens is 384 g/mol. The van der Waals surface area contributed by atoms with Gasteiger partial charge < -0.3 is 9.73 Å². The third-order valence-electron chi connectivity index (χ3n) is 3.55. The molecule has 0 radical (unpaired) electrons. The number of halogens is 4. The molecule has 4 nitrogen and oxygen atoms in total. The Kier molecular flexibility index (Phi) is 5.50. The Morgan fingerprint density at radius 2 is 1.78 bits per heavy atom. The number of anilines is 1. The van der Waals surface area contributed by atoms with Gasteiger partial charge in [-0.1, -0.05) is 11.8 Å². The Balaban J connectivity index is 1.67. The number of nitrogens with zero attached hydrogens (tertiary/aromatic N) is 1. The third-order valence-corrected chi connectivity index (χ3v) is 4.51. The van der Waals surface area contributed by atoms with Crippen LogP contribution in [0.2, 0.25) is 0 Å². The molecule has 0 spiro atoms. The summed E-state index contributed by atoms with van der Waals surface area (Å²) < 4.78 is 58.3.